The average Bonchev–Trinajstić information content (AvgIpc) is 3.23. The number of ether oxygens (including phenoxy) is 2. The van der Waals surface area contributed by atoms with E-state index in [0.717, 1.165) is 12.8 Å². The normalized spacial score (nSPS) is 30.9. The first-order chi connectivity index (χ1) is 12.6. The van der Waals surface area contributed by atoms with E-state index < -0.39 is 0 Å². The molecule has 2 bridgehead atoms. The fourth-order valence-corrected chi connectivity index (χ4v) is 4.69. The predicted octanol–water partition coefficient (Wildman–Crippen LogP) is 4.83. The maximum absolute atomic E-state index is 12.6. The van der Waals surface area contributed by atoms with Crippen LogP contribution in [0, 0.1) is 17.8 Å². The SMILES string of the molecule is CC(CC1C2CC(C(=O)Oc3ccccc3)C(O2)C1C)c1ccccc1. The fraction of sp³-hybridized carbons (Fsp3) is 0.435. The third kappa shape index (κ3) is 3.28. The first kappa shape index (κ1) is 17.3. The molecule has 0 saturated carbocycles. The van der Waals surface area contributed by atoms with Crippen LogP contribution in [-0.4, -0.2) is 18.2 Å². The topological polar surface area (TPSA) is 35.5 Å². The van der Waals surface area contributed by atoms with Crippen LogP contribution in [0.3, 0.4) is 0 Å². The molecule has 0 spiro atoms. The van der Waals surface area contributed by atoms with Gasteiger partial charge in [-0.1, -0.05) is 62.4 Å². The second-order valence-corrected chi connectivity index (χ2v) is 7.79. The van der Waals surface area contributed by atoms with Gasteiger partial charge in [0.25, 0.3) is 0 Å². The van der Waals surface area contributed by atoms with Gasteiger partial charge in [0.15, 0.2) is 0 Å². The summed E-state index contributed by atoms with van der Waals surface area (Å²) in [5.41, 5.74) is 1.38. The van der Waals surface area contributed by atoms with Crippen molar-refractivity contribution in [2.45, 2.75) is 44.8 Å². The summed E-state index contributed by atoms with van der Waals surface area (Å²) in [5, 5.41) is 0. The molecule has 2 aromatic carbocycles. The Kier molecular flexibility index (Phi) is 4.82. The van der Waals surface area contributed by atoms with Gasteiger partial charge in [-0.3, -0.25) is 4.79 Å². The molecule has 0 radical (unpaired) electrons. The maximum Gasteiger partial charge on any atom is 0.317 e. The second kappa shape index (κ2) is 7.24. The van der Waals surface area contributed by atoms with Crippen molar-refractivity contribution in [3.63, 3.8) is 0 Å². The molecule has 2 fully saturated rings. The van der Waals surface area contributed by atoms with Gasteiger partial charge < -0.3 is 9.47 Å². The average molecular weight is 350 g/mol. The molecule has 136 valence electrons. The lowest BCUT2D eigenvalue weighted by Gasteiger charge is -2.31. The number of hydrogen-bond acceptors (Lipinski definition) is 3. The highest BCUT2D eigenvalue weighted by Gasteiger charge is 2.55. The van der Waals surface area contributed by atoms with Crippen molar-refractivity contribution >= 4 is 5.97 Å². The Bertz CT molecular complexity index is 741. The first-order valence-electron chi connectivity index (χ1n) is 9.60. The summed E-state index contributed by atoms with van der Waals surface area (Å²) in [6, 6.07) is 20.0. The Hall–Kier alpha value is -2.13. The highest BCUT2D eigenvalue weighted by molar-refractivity contribution is 5.76. The van der Waals surface area contributed by atoms with Crippen LogP contribution in [0.1, 0.15) is 38.2 Å². The molecule has 4 rings (SSSR count). The molecule has 2 heterocycles. The van der Waals surface area contributed by atoms with Gasteiger partial charge in [0.1, 0.15) is 5.75 Å². The van der Waals surface area contributed by atoms with Crippen LogP contribution in [0.25, 0.3) is 0 Å². The summed E-state index contributed by atoms with van der Waals surface area (Å²) in [7, 11) is 0. The van der Waals surface area contributed by atoms with Gasteiger partial charge in [0.05, 0.1) is 18.1 Å². The minimum atomic E-state index is -0.148. The third-order valence-electron chi connectivity index (χ3n) is 6.14. The molecule has 0 N–H and O–H groups in total. The minimum absolute atomic E-state index is 0.0100. The van der Waals surface area contributed by atoms with Gasteiger partial charge in [-0.2, -0.15) is 0 Å². The lowest BCUT2D eigenvalue weighted by molar-refractivity contribution is -0.141. The van der Waals surface area contributed by atoms with Crippen molar-refractivity contribution in [1.82, 2.24) is 0 Å². The molecule has 2 aliphatic rings. The molecule has 6 unspecified atom stereocenters. The molecule has 0 amide bonds. The second-order valence-electron chi connectivity index (χ2n) is 7.79. The number of carbonyl (C=O) groups is 1. The Morgan fingerprint density at radius 1 is 1.12 bits per heavy atom. The Balaban J connectivity index is 1.39. The van der Waals surface area contributed by atoms with Crippen LogP contribution >= 0.6 is 0 Å². The summed E-state index contributed by atoms with van der Waals surface area (Å²) in [6.45, 7) is 4.52. The van der Waals surface area contributed by atoms with Crippen molar-refractivity contribution < 1.29 is 14.3 Å². The summed E-state index contributed by atoms with van der Waals surface area (Å²) >= 11 is 0. The molecule has 3 nitrogen and oxygen atoms in total. The molecule has 26 heavy (non-hydrogen) atoms. The molecular formula is C23H26O3. The molecule has 2 aliphatic heterocycles. The van der Waals surface area contributed by atoms with Crippen LogP contribution in [0.15, 0.2) is 60.7 Å². The number of benzene rings is 2. The molecule has 6 atom stereocenters. The predicted molar refractivity (Wildman–Crippen MR) is 101 cm³/mol. The molecule has 0 aliphatic carbocycles. The quantitative estimate of drug-likeness (QED) is 0.572. The maximum atomic E-state index is 12.6. The third-order valence-corrected chi connectivity index (χ3v) is 6.14. The van der Waals surface area contributed by atoms with Crippen LogP contribution in [-0.2, 0) is 9.53 Å². The summed E-state index contributed by atoms with van der Waals surface area (Å²) in [6.07, 6.45) is 2.05. The largest absolute Gasteiger partial charge is 0.426 e. The van der Waals surface area contributed by atoms with Crippen LogP contribution < -0.4 is 4.74 Å². The van der Waals surface area contributed by atoms with Gasteiger partial charge in [-0.05, 0) is 48.3 Å². The van der Waals surface area contributed by atoms with E-state index in [4.69, 9.17) is 9.47 Å². The van der Waals surface area contributed by atoms with Crippen molar-refractivity contribution in [3.05, 3.63) is 66.2 Å². The van der Waals surface area contributed by atoms with Gasteiger partial charge in [-0.15, -0.1) is 0 Å². The zero-order valence-corrected chi connectivity index (χ0v) is 15.4. The first-order valence-corrected chi connectivity index (χ1v) is 9.60. The fourth-order valence-electron chi connectivity index (χ4n) is 4.69. The number of hydrogen-bond donors (Lipinski definition) is 0. The molecule has 2 aromatic rings. The van der Waals surface area contributed by atoms with Gasteiger partial charge in [0, 0.05) is 0 Å². The van der Waals surface area contributed by atoms with E-state index in [1.54, 1.807) is 0 Å². The number of carbonyl (C=O) groups excluding carboxylic acids is 1. The van der Waals surface area contributed by atoms with Crippen LogP contribution in [0.2, 0.25) is 0 Å². The van der Waals surface area contributed by atoms with E-state index in [-0.39, 0.29) is 24.1 Å². The Labute approximate surface area is 155 Å². The minimum Gasteiger partial charge on any atom is -0.426 e. The van der Waals surface area contributed by atoms with E-state index in [1.807, 2.05) is 30.3 Å². The summed E-state index contributed by atoms with van der Waals surface area (Å²) in [5.74, 6) is 1.72. The van der Waals surface area contributed by atoms with Crippen molar-refractivity contribution in [2.24, 2.45) is 17.8 Å². The number of rotatable bonds is 5. The van der Waals surface area contributed by atoms with E-state index in [1.165, 1.54) is 5.56 Å². The van der Waals surface area contributed by atoms with Crippen molar-refractivity contribution in [3.8, 4) is 5.75 Å². The molecule has 2 saturated heterocycles. The highest BCUT2D eigenvalue weighted by atomic mass is 16.5. The number of fused-ring (bicyclic) bond motifs is 2. The Morgan fingerprint density at radius 2 is 1.77 bits per heavy atom. The Morgan fingerprint density at radius 3 is 2.42 bits per heavy atom. The van der Waals surface area contributed by atoms with E-state index in [9.17, 15) is 4.79 Å². The van der Waals surface area contributed by atoms with E-state index in [0.29, 0.717) is 23.5 Å². The van der Waals surface area contributed by atoms with E-state index >= 15 is 0 Å². The van der Waals surface area contributed by atoms with Gasteiger partial charge in [-0.25, -0.2) is 0 Å². The zero-order valence-electron chi connectivity index (χ0n) is 15.4. The van der Waals surface area contributed by atoms with Crippen molar-refractivity contribution in [2.75, 3.05) is 0 Å². The van der Waals surface area contributed by atoms with Crippen LogP contribution in [0.5, 0.6) is 5.75 Å². The van der Waals surface area contributed by atoms with Crippen LogP contribution in [0.4, 0.5) is 0 Å². The zero-order chi connectivity index (χ0) is 18.1. The van der Waals surface area contributed by atoms with Crippen molar-refractivity contribution in [1.29, 1.82) is 0 Å². The van der Waals surface area contributed by atoms with E-state index in [2.05, 4.69) is 44.2 Å². The number of esters is 1. The van der Waals surface area contributed by atoms with Gasteiger partial charge >= 0.3 is 5.97 Å². The standard InChI is InChI=1S/C23H26O3/c1-15(17-9-5-3-6-10-17)13-19-16(2)22-20(14-21(19)26-22)23(24)25-18-11-7-4-8-12-18/h3-12,15-16,19-22H,13-14H2,1-2H3. The molecule has 0 aromatic heterocycles. The van der Waals surface area contributed by atoms with Gasteiger partial charge in [0.2, 0.25) is 0 Å². The molecular weight excluding hydrogens is 324 g/mol. The lowest BCUT2D eigenvalue weighted by Crippen LogP contribution is -2.37. The number of para-hydroxylation sites is 1. The summed E-state index contributed by atoms with van der Waals surface area (Å²) < 4.78 is 11.8. The highest BCUT2D eigenvalue weighted by Crippen LogP contribution is 2.50. The molecule has 3 heteroatoms. The summed E-state index contributed by atoms with van der Waals surface area (Å²) in [4.78, 5) is 12.6. The monoisotopic (exact) mass is 350 g/mol. The lowest BCUT2D eigenvalue weighted by atomic mass is 9.71. The smallest absolute Gasteiger partial charge is 0.317 e.